The van der Waals surface area contributed by atoms with E-state index in [1.54, 1.807) is 37.3 Å². The van der Waals surface area contributed by atoms with Gasteiger partial charge in [0, 0.05) is 0 Å². The van der Waals surface area contributed by atoms with Gasteiger partial charge in [-0.1, -0.05) is 48.9 Å². The van der Waals surface area contributed by atoms with Crippen molar-refractivity contribution in [2.75, 3.05) is 6.61 Å². The van der Waals surface area contributed by atoms with Crippen molar-refractivity contribution in [3.8, 4) is 0 Å². The maximum Gasteiger partial charge on any atom is 0.247 e. The second-order valence-corrected chi connectivity index (χ2v) is 11.1. The molecule has 12 nitrogen and oxygen atoms in total. The summed E-state index contributed by atoms with van der Waals surface area (Å²) < 4.78 is 0. The van der Waals surface area contributed by atoms with E-state index >= 15 is 0 Å². The number of alkyl halides is 3. The molecule has 0 spiro atoms. The molecule has 9 unspecified atom stereocenters. The molecule has 9 atom stereocenters. The Bertz CT molecular complexity index is 1110. The van der Waals surface area contributed by atoms with Crippen molar-refractivity contribution in [2.24, 2.45) is 0 Å². The molecule has 40 heavy (non-hydrogen) atoms. The molecule has 2 aliphatic heterocycles. The molecule has 3 rings (SSSR count). The number of fused-ring (bicyclic) bond motifs is 1. The first-order valence-corrected chi connectivity index (χ1v) is 14.0. The van der Waals surface area contributed by atoms with Crippen LogP contribution in [0.25, 0.3) is 0 Å². The van der Waals surface area contributed by atoms with Crippen molar-refractivity contribution >= 4 is 64.3 Å². The highest BCUT2D eigenvalue weighted by molar-refractivity contribution is 6.37. The van der Waals surface area contributed by atoms with E-state index < -0.39 is 88.7 Å². The average Bonchev–Trinajstić information content (AvgIpc) is 3.15. The third-order valence-electron chi connectivity index (χ3n) is 6.78. The fourth-order valence-corrected chi connectivity index (χ4v) is 5.66. The minimum Gasteiger partial charge on any atom is -0.394 e. The van der Waals surface area contributed by atoms with Crippen molar-refractivity contribution in [1.29, 1.82) is 0 Å². The van der Waals surface area contributed by atoms with E-state index in [9.17, 15) is 34.2 Å². The summed E-state index contributed by atoms with van der Waals surface area (Å²) in [6.07, 6.45) is -1.64. The van der Waals surface area contributed by atoms with Gasteiger partial charge < -0.3 is 36.4 Å². The van der Waals surface area contributed by atoms with Crippen LogP contribution in [-0.2, 0) is 24.0 Å². The van der Waals surface area contributed by atoms with Gasteiger partial charge in [-0.15, -0.1) is 23.2 Å². The number of amides is 5. The fraction of sp³-hybridized carbons (Fsp3) is 0.560. The molecule has 0 aromatic heterocycles. The third kappa shape index (κ3) is 6.98. The van der Waals surface area contributed by atoms with E-state index in [-0.39, 0.29) is 12.8 Å². The average molecular weight is 621 g/mol. The molecule has 5 amide bonds. The standard InChI is InChI=1S/C25H32Cl3N5O7/c1-3-13-25(40)33-20(17(26)18(27)21(33)28)24(39)32-19(11(2)35)23(38)31-15(10-34)22(37)30-14(9-16(36)29-13)12-7-5-4-6-8-12/h4-8,11,13-15,17-21,34-35H,3,9-10H2,1-2H3,(H,29,36)(H,30,37)(H,31,38)(H,32,39). The molecule has 0 radical (unpaired) electrons. The Morgan fingerprint density at radius 1 is 0.900 bits per heavy atom. The smallest absolute Gasteiger partial charge is 0.247 e. The molecular formula is C25H32Cl3N5O7. The van der Waals surface area contributed by atoms with Crippen molar-refractivity contribution in [1.82, 2.24) is 26.2 Å². The highest BCUT2D eigenvalue weighted by atomic mass is 35.5. The quantitative estimate of drug-likeness (QED) is 0.194. The molecule has 6 N–H and O–H groups in total. The number of aliphatic hydroxyl groups excluding tert-OH is 2. The summed E-state index contributed by atoms with van der Waals surface area (Å²) in [4.78, 5) is 67.2. The molecule has 2 saturated heterocycles. The predicted octanol–water partition coefficient (Wildman–Crippen LogP) is -0.524. The summed E-state index contributed by atoms with van der Waals surface area (Å²) in [6, 6.07) is 1.95. The number of aliphatic hydroxyl groups is 2. The van der Waals surface area contributed by atoms with Gasteiger partial charge in [0.05, 0.1) is 35.9 Å². The molecule has 1 aromatic carbocycles. The number of nitrogens with zero attached hydrogens (tertiary/aromatic N) is 1. The zero-order chi connectivity index (χ0) is 29.7. The van der Waals surface area contributed by atoms with E-state index in [4.69, 9.17) is 34.8 Å². The minimum absolute atomic E-state index is 0.118. The Labute approximate surface area is 246 Å². The SMILES string of the molecule is CCC1NC(=O)CC(c2ccccc2)NC(=O)C(CO)NC(=O)C(C(C)O)NC(=O)C2C(Cl)C(Cl)C(Cl)N2C1=O. The monoisotopic (exact) mass is 619 g/mol. The summed E-state index contributed by atoms with van der Waals surface area (Å²) in [5.41, 5.74) is -0.676. The number of nitrogens with one attached hydrogen (secondary N) is 4. The van der Waals surface area contributed by atoms with Crippen LogP contribution in [0.3, 0.4) is 0 Å². The maximum absolute atomic E-state index is 13.6. The minimum atomic E-state index is -1.60. The van der Waals surface area contributed by atoms with Crippen LogP contribution in [0.15, 0.2) is 30.3 Å². The highest BCUT2D eigenvalue weighted by Crippen LogP contribution is 2.36. The van der Waals surface area contributed by atoms with Gasteiger partial charge in [0.2, 0.25) is 29.5 Å². The van der Waals surface area contributed by atoms with Crippen LogP contribution in [0.5, 0.6) is 0 Å². The number of benzene rings is 1. The van der Waals surface area contributed by atoms with Crippen LogP contribution in [0.4, 0.5) is 0 Å². The number of hydrogen-bond donors (Lipinski definition) is 6. The number of rotatable bonds is 4. The highest BCUT2D eigenvalue weighted by Gasteiger charge is 2.54. The topological polar surface area (TPSA) is 177 Å². The second kappa shape index (κ2) is 13.8. The summed E-state index contributed by atoms with van der Waals surface area (Å²) >= 11 is 19.2. The van der Waals surface area contributed by atoms with Gasteiger partial charge in [-0.25, -0.2) is 0 Å². The lowest BCUT2D eigenvalue weighted by atomic mass is 10.0. The maximum atomic E-state index is 13.6. The molecule has 220 valence electrons. The summed E-state index contributed by atoms with van der Waals surface area (Å²) in [5, 5.41) is 27.8. The molecule has 0 saturated carbocycles. The van der Waals surface area contributed by atoms with Gasteiger partial charge in [-0.2, -0.15) is 0 Å². The summed E-state index contributed by atoms with van der Waals surface area (Å²) in [7, 11) is 0. The van der Waals surface area contributed by atoms with E-state index in [1.807, 2.05) is 0 Å². The number of carbonyl (C=O) groups excluding carboxylic acids is 5. The Morgan fingerprint density at radius 3 is 2.12 bits per heavy atom. The summed E-state index contributed by atoms with van der Waals surface area (Å²) in [5.74, 6) is -4.07. The zero-order valence-corrected chi connectivity index (χ0v) is 24.0. The first-order valence-electron chi connectivity index (χ1n) is 12.7. The molecule has 2 fully saturated rings. The molecule has 0 bridgehead atoms. The Kier molecular flexibility index (Phi) is 11.0. The molecule has 1 aromatic rings. The molecule has 2 aliphatic rings. The number of hydrogen-bond acceptors (Lipinski definition) is 7. The van der Waals surface area contributed by atoms with Crippen LogP contribution in [0.2, 0.25) is 0 Å². The van der Waals surface area contributed by atoms with Crippen LogP contribution in [0.1, 0.15) is 38.3 Å². The Hall–Kier alpha value is -2.64. The van der Waals surface area contributed by atoms with Crippen LogP contribution in [0, 0.1) is 0 Å². The van der Waals surface area contributed by atoms with Crippen LogP contribution < -0.4 is 21.3 Å². The Morgan fingerprint density at radius 2 is 1.55 bits per heavy atom. The first kappa shape index (κ1) is 31.9. The molecule has 15 heteroatoms. The van der Waals surface area contributed by atoms with Gasteiger partial charge in [-0.05, 0) is 18.9 Å². The van der Waals surface area contributed by atoms with Gasteiger partial charge in [-0.3, -0.25) is 24.0 Å². The van der Waals surface area contributed by atoms with E-state index in [0.29, 0.717) is 5.56 Å². The third-order valence-corrected chi connectivity index (χ3v) is 8.54. The van der Waals surface area contributed by atoms with Crippen LogP contribution >= 0.6 is 34.8 Å². The van der Waals surface area contributed by atoms with Crippen molar-refractivity contribution in [3.63, 3.8) is 0 Å². The second-order valence-electron chi connectivity index (χ2n) is 9.63. The zero-order valence-electron chi connectivity index (χ0n) is 21.7. The predicted molar refractivity (Wildman–Crippen MR) is 146 cm³/mol. The van der Waals surface area contributed by atoms with Crippen LogP contribution in [-0.4, -0.2) is 97.8 Å². The largest absolute Gasteiger partial charge is 0.394 e. The van der Waals surface area contributed by atoms with Gasteiger partial charge in [0.15, 0.2) is 0 Å². The van der Waals surface area contributed by atoms with Gasteiger partial charge >= 0.3 is 0 Å². The fourth-order valence-electron chi connectivity index (χ4n) is 4.58. The molecule has 0 aliphatic carbocycles. The van der Waals surface area contributed by atoms with E-state index in [2.05, 4.69) is 21.3 Å². The van der Waals surface area contributed by atoms with E-state index in [1.165, 1.54) is 6.92 Å². The molecule has 2 heterocycles. The van der Waals surface area contributed by atoms with Gasteiger partial charge in [0.25, 0.3) is 0 Å². The van der Waals surface area contributed by atoms with Crippen molar-refractivity contribution < 1.29 is 34.2 Å². The number of halogens is 3. The normalized spacial score (nSPS) is 33.4. The van der Waals surface area contributed by atoms with Crippen molar-refractivity contribution in [2.45, 2.75) is 79.3 Å². The summed E-state index contributed by atoms with van der Waals surface area (Å²) in [6.45, 7) is 2.05. The van der Waals surface area contributed by atoms with Crippen molar-refractivity contribution in [3.05, 3.63) is 35.9 Å². The lowest BCUT2D eigenvalue weighted by Crippen LogP contribution is -2.62. The lowest BCUT2D eigenvalue weighted by molar-refractivity contribution is -0.143. The first-order chi connectivity index (χ1) is 18.9. The molecular weight excluding hydrogens is 589 g/mol. The van der Waals surface area contributed by atoms with Gasteiger partial charge in [0.1, 0.15) is 29.7 Å². The number of carbonyl (C=O) groups is 5. The lowest BCUT2D eigenvalue weighted by Gasteiger charge is -2.33. The van der Waals surface area contributed by atoms with E-state index in [0.717, 1.165) is 4.90 Å². The Balaban J connectivity index is 2.06.